The van der Waals surface area contributed by atoms with E-state index >= 15 is 0 Å². The minimum absolute atomic E-state index is 0.293. The summed E-state index contributed by atoms with van der Waals surface area (Å²) in [6.07, 6.45) is 0.884. The van der Waals surface area contributed by atoms with Crippen LogP contribution in [-0.4, -0.2) is 29.7 Å². The van der Waals surface area contributed by atoms with Gasteiger partial charge in [-0.15, -0.1) is 0 Å². The van der Waals surface area contributed by atoms with Crippen molar-refractivity contribution in [2.75, 3.05) is 14.2 Å². The second kappa shape index (κ2) is 8.79. The summed E-state index contributed by atoms with van der Waals surface area (Å²) in [4.78, 5) is 17.3. The number of para-hydroxylation sites is 1. The number of pyridine rings is 1. The van der Waals surface area contributed by atoms with E-state index < -0.39 is 5.97 Å². The summed E-state index contributed by atoms with van der Waals surface area (Å²) >= 11 is 0. The first-order valence-corrected chi connectivity index (χ1v) is 10.9. The van der Waals surface area contributed by atoms with Gasteiger partial charge in [-0.2, -0.15) is 0 Å². The minimum atomic E-state index is -0.451. The van der Waals surface area contributed by atoms with E-state index in [0.29, 0.717) is 5.69 Å². The lowest BCUT2D eigenvalue weighted by molar-refractivity contribution is 0.0594. The smallest absolute Gasteiger partial charge is 0.356 e. The normalized spacial score (nSPS) is 11.1. The van der Waals surface area contributed by atoms with Gasteiger partial charge < -0.3 is 14.0 Å². The fraction of sp³-hybridized carbons (Fsp3) is 0.143. The van der Waals surface area contributed by atoms with Crippen LogP contribution in [0.3, 0.4) is 0 Å². The Kier molecular flexibility index (Phi) is 5.53. The zero-order valence-electron chi connectivity index (χ0n) is 18.6. The summed E-state index contributed by atoms with van der Waals surface area (Å²) in [6, 6.07) is 28.3. The third-order valence-corrected chi connectivity index (χ3v) is 5.97. The molecule has 5 rings (SSSR count). The molecule has 0 aliphatic heterocycles. The number of esters is 1. The molecule has 0 fully saturated rings. The molecule has 0 saturated carbocycles. The van der Waals surface area contributed by atoms with E-state index in [4.69, 9.17) is 14.5 Å². The number of hydrogen-bond donors (Lipinski definition) is 0. The van der Waals surface area contributed by atoms with Crippen molar-refractivity contribution in [1.82, 2.24) is 9.55 Å². The Morgan fingerprint density at radius 1 is 0.879 bits per heavy atom. The molecule has 5 nitrogen and oxygen atoms in total. The molecule has 0 aliphatic carbocycles. The van der Waals surface area contributed by atoms with E-state index in [2.05, 4.69) is 41.0 Å². The zero-order valence-corrected chi connectivity index (χ0v) is 18.6. The molecule has 5 aromatic rings. The van der Waals surface area contributed by atoms with Crippen LogP contribution in [0, 0.1) is 0 Å². The number of carbonyl (C=O) groups excluding carboxylic acids is 1. The number of fused-ring (bicyclic) bond motifs is 3. The SMILES string of the molecule is COC(=O)c1cc2c3ccccc3n(CCc3ccccc3)c2c(-c2ccc(OC)cc2)n1. The lowest BCUT2D eigenvalue weighted by Gasteiger charge is -2.12. The molecule has 33 heavy (non-hydrogen) atoms. The quantitative estimate of drug-likeness (QED) is 0.311. The summed E-state index contributed by atoms with van der Waals surface area (Å²) in [6.45, 7) is 0.788. The van der Waals surface area contributed by atoms with Crippen LogP contribution in [0.15, 0.2) is 84.9 Å². The summed E-state index contributed by atoms with van der Waals surface area (Å²) in [7, 11) is 3.02. The first-order chi connectivity index (χ1) is 16.2. The standard InChI is InChI=1S/C28H24N2O3/c1-32-21-14-12-20(13-15-21)26-27-23(18-24(29-26)28(31)33-2)22-10-6-7-11-25(22)30(27)17-16-19-8-4-3-5-9-19/h3-15,18H,16-17H2,1-2H3. The molecule has 164 valence electrons. The van der Waals surface area contributed by atoms with Gasteiger partial charge in [0.2, 0.25) is 0 Å². The minimum Gasteiger partial charge on any atom is -0.497 e. The van der Waals surface area contributed by atoms with Crippen LogP contribution < -0.4 is 4.74 Å². The predicted octanol–water partition coefficient (Wildman–Crippen LogP) is 5.89. The number of hydrogen-bond acceptors (Lipinski definition) is 4. The second-order valence-corrected chi connectivity index (χ2v) is 7.88. The Morgan fingerprint density at radius 3 is 2.33 bits per heavy atom. The van der Waals surface area contributed by atoms with E-state index in [9.17, 15) is 4.79 Å². The van der Waals surface area contributed by atoms with Crippen LogP contribution in [-0.2, 0) is 17.7 Å². The van der Waals surface area contributed by atoms with Crippen molar-refractivity contribution >= 4 is 27.8 Å². The highest BCUT2D eigenvalue weighted by Gasteiger charge is 2.20. The van der Waals surface area contributed by atoms with Gasteiger partial charge >= 0.3 is 5.97 Å². The largest absolute Gasteiger partial charge is 0.497 e. The molecule has 0 saturated heterocycles. The third-order valence-electron chi connectivity index (χ3n) is 5.97. The molecule has 0 aliphatic rings. The lowest BCUT2D eigenvalue weighted by Crippen LogP contribution is -2.07. The predicted molar refractivity (Wildman–Crippen MR) is 131 cm³/mol. The van der Waals surface area contributed by atoms with Gasteiger partial charge in [0.1, 0.15) is 11.4 Å². The number of carbonyl (C=O) groups is 1. The molecule has 3 aromatic carbocycles. The number of methoxy groups -OCH3 is 2. The van der Waals surface area contributed by atoms with Gasteiger partial charge in [-0.25, -0.2) is 9.78 Å². The molecule has 5 heteroatoms. The first-order valence-electron chi connectivity index (χ1n) is 10.9. The highest BCUT2D eigenvalue weighted by atomic mass is 16.5. The van der Waals surface area contributed by atoms with Crippen molar-refractivity contribution < 1.29 is 14.3 Å². The Labute approximate surface area is 192 Å². The van der Waals surface area contributed by atoms with Gasteiger partial charge in [0.15, 0.2) is 0 Å². The molecule has 0 radical (unpaired) electrons. The zero-order chi connectivity index (χ0) is 22.8. The van der Waals surface area contributed by atoms with Crippen LogP contribution in [0.25, 0.3) is 33.1 Å². The third kappa shape index (κ3) is 3.82. The fourth-order valence-corrected chi connectivity index (χ4v) is 4.35. The number of nitrogens with zero attached hydrogens (tertiary/aromatic N) is 2. The van der Waals surface area contributed by atoms with Gasteiger partial charge in [-0.3, -0.25) is 0 Å². The van der Waals surface area contributed by atoms with Crippen molar-refractivity contribution in [3.63, 3.8) is 0 Å². The van der Waals surface area contributed by atoms with E-state index in [1.54, 1.807) is 7.11 Å². The molecular weight excluding hydrogens is 412 g/mol. The van der Waals surface area contributed by atoms with Gasteiger partial charge in [0.05, 0.1) is 25.4 Å². The summed E-state index contributed by atoms with van der Waals surface area (Å²) in [5.41, 5.74) is 5.34. The van der Waals surface area contributed by atoms with Crippen LogP contribution >= 0.6 is 0 Å². The van der Waals surface area contributed by atoms with Crippen LogP contribution in [0.5, 0.6) is 5.75 Å². The van der Waals surface area contributed by atoms with E-state index in [1.807, 2.05) is 48.5 Å². The van der Waals surface area contributed by atoms with Crippen molar-refractivity contribution in [2.24, 2.45) is 0 Å². The topological polar surface area (TPSA) is 53.4 Å². The van der Waals surface area contributed by atoms with Crippen LogP contribution in [0.4, 0.5) is 0 Å². The van der Waals surface area contributed by atoms with Crippen molar-refractivity contribution in [1.29, 1.82) is 0 Å². The first kappa shape index (κ1) is 20.8. The summed E-state index contributed by atoms with van der Waals surface area (Å²) < 4.78 is 12.7. The Morgan fingerprint density at radius 2 is 1.61 bits per heavy atom. The number of benzene rings is 3. The maximum Gasteiger partial charge on any atom is 0.356 e. The molecule has 0 N–H and O–H groups in total. The maximum atomic E-state index is 12.5. The molecule has 0 unspecified atom stereocenters. The molecule has 0 bridgehead atoms. The average molecular weight is 437 g/mol. The van der Waals surface area contributed by atoms with Gasteiger partial charge in [0.25, 0.3) is 0 Å². The van der Waals surface area contributed by atoms with Gasteiger partial charge in [0, 0.05) is 28.4 Å². The molecule has 0 spiro atoms. The molecule has 2 heterocycles. The number of rotatable bonds is 6. The fourth-order valence-electron chi connectivity index (χ4n) is 4.35. The Bertz CT molecular complexity index is 1440. The van der Waals surface area contributed by atoms with Gasteiger partial charge in [-0.1, -0.05) is 48.5 Å². The number of aromatic nitrogens is 2. The molecule has 0 atom stereocenters. The van der Waals surface area contributed by atoms with Gasteiger partial charge in [-0.05, 0) is 48.4 Å². The summed E-state index contributed by atoms with van der Waals surface area (Å²) in [5, 5.41) is 2.07. The maximum absolute atomic E-state index is 12.5. The van der Waals surface area contributed by atoms with E-state index in [-0.39, 0.29) is 0 Å². The highest BCUT2D eigenvalue weighted by Crippen LogP contribution is 2.36. The van der Waals surface area contributed by atoms with Crippen molar-refractivity contribution in [2.45, 2.75) is 13.0 Å². The highest BCUT2D eigenvalue weighted by molar-refractivity contribution is 6.13. The summed E-state index contributed by atoms with van der Waals surface area (Å²) in [5.74, 6) is 0.316. The van der Waals surface area contributed by atoms with Crippen LogP contribution in [0.2, 0.25) is 0 Å². The average Bonchev–Trinajstić information content (AvgIpc) is 3.20. The molecule has 0 amide bonds. The second-order valence-electron chi connectivity index (χ2n) is 7.88. The number of aryl methyl sites for hydroxylation is 2. The Balaban J connectivity index is 1.77. The molecular formula is C28H24N2O3. The number of ether oxygens (including phenoxy) is 2. The van der Waals surface area contributed by atoms with E-state index in [0.717, 1.165) is 51.8 Å². The lowest BCUT2D eigenvalue weighted by atomic mass is 10.1. The monoisotopic (exact) mass is 436 g/mol. The van der Waals surface area contributed by atoms with Crippen molar-refractivity contribution in [3.8, 4) is 17.0 Å². The molecule has 2 aromatic heterocycles. The van der Waals surface area contributed by atoms with Crippen LogP contribution in [0.1, 0.15) is 16.1 Å². The Hall–Kier alpha value is -4.12. The van der Waals surface area contributed by atoms with E-state index in [1.165, 1.54) is 12.7 Å². The van der Waals surface area contributed by atoms with Crippen molar-refractivity contribution in [3.05, 3.63) is 96.2 Å².